The highest BCUT2D eigenvalue weighted by Gasteiger charge is 2.26. The summed E-state index contributed by atoms with van der Waals surface area (Å²) >= 11 is 1.98. The van der Waals surface area contributed by atoms with Gasteiger partial charge < -0.3 is 11.1 Å². The molecule has 1 aromatic rings. The molecule has 1 heterocycles. The predicted octanol–water partition coefficient (Wildman–Crippen LogP) is 2.07. The fourth-order valence-electron chi connectivity index (χ4n) is 2.32. The molecule has 98 valence electrons. The summed E-state index contributed by atoms with van der Waals surface area (Å²) < 4.78 is 0. The summed E-state index contributed by atoms with van der Waals surface area (Å²) in [5.41, 5.74) is 6.73. The van der Waals surface area contributed by atoms with Crippen molar-refractivity contribution in [2.24, 2.45) is 0 Å². The highest BCUT2D eigenvalue weighted by molar-refractivity contribution is 7.99. The van der Waals surface area contributed by atoms with Gasteiger partial charge in [-0.05, 0) is 31.1 Å². The van der Waals surface area contributed by atoms with Gasteiger partial charge in [0.2, 0.25) is 0 Å². The smallest absolute Gasteiger partial charge is 0.255 e. The Morgan fingerprint density at radius 3 is 3.17 bits per heavy atom. The Kier molecular flexibility index (Phi) is 4.47. The Morgan fingerprint density at radius 2 is 2.44 bits per heavy atom. The van der Waals surface area contributed by atoms with E-state index in [9.17, 15) is 4.79 Å². The molecule has 0 aliphatic heterocycles. The number of nitrogens with two attached hydrogens (primary N) is 1. The minimum absolute atomic E-state index is 0.104. The van der Waals surface area contributed by atoms with Gasteiger partial charge in [0.1, 0.15) is 0 Å². The number of thioether (sulfide) groups is 1. The number of hydrogen-bond acceptors (Lipinski definition) is 4. The third-order valence-corrected chi connectivity index (χ3v) is 4.45. The van der Waals surface area contributed by atoms with Gasteiger partial charge in [-0.1, -0.05) is 6.92 Å². The molecule has 1 aliphatic carbocycles. The first kappa shape index (κ1) is 13.2. The fourth-order valence-corrected chi connectivity index (χ4v) is 3.46. The van der Waals surface area contributed by atoms with Crippen LogP contribution < -0.4 is 11.1 Å². The Hall–Kier alpha value is -1.23. The minimum atomic E-state index is -0.104. The normalized spacial score (nSPS) is 22.9. The summed E-state index contributed by atoms with van der Waals surface area (Å²) in [5.74, 6) is 1.04. The number of carbonyl (C=O) groups is 1. The Labute approximate surface area is 112 Å². The van der Waals surface area contributed by atoms with E-state index in [-0.39, 0.29) is 11.9 Å². The van der Waals surface area contributed by atoms with E-state index in [2.05, 4.69) is 17.2 Å². The second-order valence-electron chi connectivity index (χ2n) is 4.52. The summed E-state index contributed by atoms with van der Waals surface area (Å²) in [7, 11) is 0. The van der Waals surface area contributed by atoms with Crippen LogP contribution in [-0.4, -0.2) is 27.9 Å². The molecule has 0 radical (unpaired) electrons. The second kappa shape index (κ2) is 6.09. The van der Waals surface area contributed by atoms with E-state index in [1.54, 1.807) is 12.3 Å². The van der Waals surface area contributed by atoms with Crippen LogP contribution in [0.4, 0.5) is 5.69 Å². The molecule has 0 bridgehead atoms. The van der Waals surface area contributed by atoms with Gasteiger partial charge in [0.15, 0.2) is 0 Å². The zero-order chi connectivity index (χ0) is 13.0. The summed E-state index contributed by atoms with van der Waals surface area (Å²) in [6.07, 6.45) is 6.42. The predicted molar refractivity (Wildman–Crippen MR) is 75.7 cm³/mol. The van der Waals surface area contributed by atoms with Crippen molar-refractivity contribution in [1.82, 2.24) is 10.3 Å². The van der Waals surface area contributed by atoms with Gasteiger partial charge in [0, 0.05) is 29.4 Å². The number of anilines is 1. The number of amides is 1. The zero-order valence-electron chi connectivity index (χ0n) is 10.6. The first-order chi connectivity index (χ1) is 8.70. The van der Waals surface area contributed by atoms with E-state index in [1.807, 2.05) is 11.8 Å². The van der Waals surface area contributed by atoms with Crippen molar-refractivity contribution < 1.29 is 4.79 Å². The number of hydrogen-bond donors (Lipinski definition) is 2. The van der Waals surface area contributed by atoms with Crippen molar-refractivity contribution in [1.29, 1.82) is 0 Å². The van der Waals surface area contributed by atoms with Crippen LogP contribution in [0, 0.1) is 0 Å². The molecule has 0 saturated heterocycles. The van der Waals surface area contributed by atoms with E-state index in [0.717, 1.165) is 18.6 Å². The monoisotopic (exact) mass is 265 g/mol. The number of aromatic nitrogens is 1. The van der Waals surface area contributed by atoms with Crippen molar-refractivity contribution in [3.8, 4) is 0 Å². The largest absolute Gasteiger partial charge is 0.398 e. The van der Waals surface area contributed by atoms with Gasteiger partial charge in [0.25, 0.3) is 5.91 Å². The van der Waals surface area contributed by atoms with Crippen LogP contribution in [0.5, 0.6) is 0 Å². The van der Waals surface area contributed by atoms with Gasteiger partial charge in [-0.2, -0.15) is 11.8 Å². The fraction of sp³-hybridized carbons (Fsp3) is 0.538. The zero-order valence-corrected chi connectivity index (χ0v) is 11.4. The van der Waals surface area contributed by atoms with Crippen molar-refractivity contribution >= 4 is 23.4 Å². The Balaban J connectivity index is 1.91. The number of nitrogens with one attached hydrogen (secondary N) is 1. The quantitative estimate of drug-likeness (QED) is 0.874. The number of rotatable bonds is 4. The summed E-state index contributed by atoms with van der Waals surface area (Å²) in [4.78, 5) is 16.0. The topological polar surface area (TPSA) is 68.0 Å². The summed E-state index contributed by atoms with van der Waals surface area (Å²) in [6.45, 7) is 2.17. The average Bonchev–Trinajstić information content (AvgIpc) is 2.77. The average molecular weight is 265 g/mol. The minimum Gasteiger partial charge on any atom is -0.398 e. The number of carbonyl (C=O) groups excluding carboxylic acids is 1. The standard InChI is InChI=1S/C13H19N3OS/c1-2-18-10-4-3-9(7-10)16-13(17)11-8-15-6-5-12(11)14/h5-6,8-10H,2-4,7H2,1H3,(H2,14,15)(H,16,17). The van der Waals surface area contributed by atoms with Gasteiger partial charge in [-0.15, -0.1) is 0 Å². The second-order valence-corrected chi connectivity index (χ2v) is 6.10. The lowest BCUT2D eigenvalue weighted by molar-refractivity contribution is 0.0938. The molecule has 1 fully saturated rings. The van der Waals surface area contributed by atoms with Crippen LogP contribution in [0.15, 0.2) is 18.5 Å². The summed E-state index contributed by atoms with van der Waals surface area (Å²) in [6, 6.07) is 1.93. The van der Waals surface area contributed by atoms with Gasteiger partial charge >= 0.3 is 0 Å². The highest BCUT2D eigenvalue weighted by atomic mass is 32.2. The third-order valence-electron chi connectivity index (χ3n) is 3.22. The number of nitrogens with zero attached hydrogens (tertiary/aromatic N) is 1. The molecular formula is C13H19N3OS. The Bertz CT molecular complexity index is 424. The van der Waals surface area contributed by atoms with Gasteiger partial charge in [-0.25, -0.2) is 0 Å². The number of nitrogen functional groups attached to an aromatic ring is 1. The van der Waals surface area contributed by atoms with E-state index in [1.165, 1.54) is 12.6 Å². The molecule has 0 spiro atoms. The summed E-state index contributed by atoms with van der Waals surface area (Å²) in [5, 5.41) is 3.74. The molecule has 0 aromatic carbocycles. The van der Waals surface area contributed by atoms with Crippen LogP contribution in [0.2, 0.25) is 0 Å². The first-order valence-electron chi connectivity index (χ1n) is 6.32. The molecule has 2 atom stereocenters. The van der Waals surface area contributed by atoms with Crippen LogP contribution in [0.1, 0.15) is 36.5 Å². The highest BCUT2D eigenvalue weighted by Crippen LogP contribution is 2.29. The van der Waals surface area contributed by atoms with Crippen molar-refractivity contribution in [2.45, 2.75) is 37.5 Å². The maximum absolute atomic E-state index is 12.0. The molecule has 4 nitrogen and oxygen atoms in total. The van der Waals surface area contributed by atoms with Gasteiger partial charge in [-0.3, -0.25) is 9.78 Å². The molecule has 1 amide bonds. The molecule has 1 aromatic heterocycles. The Morgan fingerprint density at radius 1 is 1.61 bits per heavy atom. The number of pyridine rings is 1. The van der Waals surface area contributed by atoms with Crippen LogP contribution in [0.3, 0.4) is 0 Å². The third kappa shape index (κ3) is 3.16. The lowest BCUT2D eigenvalue weighted by Gasteiger charge is -2.13. The maximum Gasteiger partial charge on any atom is 0.255 e. The molecule has 3 N–H and O–H groups in total. The first-order valence-corrected chi connectivity index (χ1v) is 7.37. The SMILES string of the molecule is CCSC1CCC(NC(=O)c2cnccc2N)C1. The lowest BCUT2D eigenvalue weighted by Crippen LogP contribution is -2.33. The van der Waals surface area contributed by atoms with Crippen LogP contribution >= 0.6 is 11.8 Å². The van der Waals surface area contributed by atoms with Gasteiger partial charge in [0.05, 0.1) is 5.56 Å². The van der Waals surface area contributed by atoms with E-state index < -0.39 is 0 Å². The molecule has 2 rings (SSSR count). The molecule has 1 saturated carbocycles. The molecular weight excluding hydrogens is 246 g/mol. The van der Waals surface area contributed by atoms with Crippen LogP contribution in [0.25, 0.3) is 0 Å². The van der Waals surface area contributed by atoms with Crippen molar-refractivity contribution in [2.75, 3.05) is 11.5 Å². The maximum atomic E-state index is 12.0. The lowest BCUT2D eigenvalue weighted by atomic mass is 10.2. The molecule has 18 heavy (non-hydrogen) atoms. The van der Waals surface area contributed by atoms with Crippen molar-refractivity contribution in [3.63, 3.8) is 0 Å². The van der Waals surface area contributed by atoms with E-state index in [4.69, 9.17) is 5.73 Å². The molecule has 2 unspecified atom stereocenters. The van der Waals surface area contributed by atoms with Crippen LogP contribution in [-0.2, 0) is 0 Å². The van der Waals surface area contributed by atoms with Crippen molar-refractivity contribution in [3.05, 3.63) is 24.0 Å². The van der Waals surface area contributed by atoms with E-state index >= 15 is 0 Å². The van der Waals surface area contributed by atoms with E-state index in [0.29, 0.717) is 16.5 Å². The molecule has 1 aliphatic rings. The molecule has 5 heteroatoms.